The van der Waals surface area contributed by atoms with Gasteiger partial charge in [-0.25, -0.2) is 9.69 Å². The Morgan fingerprint density at radius 2 is 1.91 bits per heavy atom. The minimum Gasteiger partial charge on any atom is -0.319 e. The van der Waals surface area contributed by atoms with Crippen LogP contribution in [0.25, 0.3) is 0 Å². The van der Waals surface area contributed by atoms with Crippen molar-refractivity contribution in [3.8, 4) is 0 Å². The number of likely N-dealkylation sites (tertiary alicyclic amines) is 1. The van der Waals surface area contributed by atoms with Crippen LogP contribution < -0.4 is 5.32 Å². The summed E-state index contributed by atoms with van der Waals surface area (Å²) in [5, 5.41) is 3.62. The second-order valence-electron chi connectivity index (χ2n) is 5.88. The van der Waals surface area contributed by atoms with E-state index in [1.165, 1.54) is 4.90 Å². The maximum atomic E-state index is 12.8. The maximum absolute atomic E-state index is 12.8. The van der Waals surface area contributed by atoms with Crippen LogP contribution in [0.2, 0.25) is 10.0 Å². The van der Waals surface area contributed by atoms with E-state index >= 15 is 0 Å². The molecule has 2 saturated heterocycles. The van der Waals surface area contributed by atoms with Gasteiger partial charge in [0.25, 0.3) is 5.91 Å². The SMILES string of the molecule is C[C@]1(c2ccc(Cl)cc2Cl)NC(=O)N(CN2CCCC2)C1=O. The van der Waals surface area contributed by atoms with Crippen molar-refractivity contribution < 1.29 is 9.59 Å². The van der Waals surface area contributed by atoms with Gasteiger partial charge in [0, 0.05) is 15.6 Å². The fourth-order valence-electron chi connectivity index (χ4n) is 3.03. The zero-order chi connectivity index (χ0) is 15.9. The molecule has 118 valence electrons. The van der Waals surface area contributed by atoms with Crippen molar-refractivity contribution in [3.05, 3.63) is 33.8 Å². The lowest BCUT2D eigenvalue weighted by atomic mass is 9.92. The average Bonchev–Trinajstić information content (AvgIpc) is 3.02. The van der Waals surface area contributed by atoms with E-state index in [2.05, 4.69) is 10.2 Å². The third kappa shape index (κ3) is 2.57. The minimum atomic E-state index is -1.15. The number of rotatable bonds is 3. The van der Waals surface area contributed by atoms with Crippen molar-refractivity contribution in [2.24, 2.45) is 0 Å². The van der Waals surface area contributed by atoms with Crippen LogP contribution in [0.5, 0.6) is 0 Å². The van der Waals surface area contributed by atoms with E-state index in [-0.39, 0.29) is 11.9 Å². The van der Waals surface area contributed by atoms with Crippen molar-refractivity contribution in [1.82, 2.24) is 15.1 Å². The van der Waals surface area contributed by atoms with Gasteiger partial charge in [0.05, 0.1) is 6.67 Å². The number of amides is 3. The number of halogens is 2. The summed E-state index contributed by atoms with van der Waals surface area (Å²) in [6.45, 7) is 3.82. The van der Waals surface area contributed by atoms with Gasteiger partial charge in [0.15, 0.2) is 0 Å². The molecule has 0 aliphatic carbocycles. The van der Waals surface area contributed by atoms with E-state index in [0.717, 1.165) is 25.9 Å². The van der Waals surface area contributed by atoms with Gasteiger partial charge in [-0.2, -0.15) is 0 Å². The van der Waals surface area contributed by atoms with Gasteiger partial charge in [0.2, 0.25) is 0 Å². The Morgan fingerprint density at radius 3 is 2.55 bits per heavy atom. The van der Waals surface area contributed by atoms with Crippen molar-refractivity contribution in [1.29, 1.82) is 0 Å². The molecule has 0 radical (unpaired) electrons. The summed E-state index contributed by atoms with van der Waals surface area (Å²) in [6.07, 6.45) is 2.20. The molecular weight excluding hydrogens is 325 g/mol. The van der Waals surface area contributed by atoms with Gasteiger partial charge < -0.3 is 5.32 Å². The fraction of sp³-hybridized carbons (Fsp3) is 0.467. The van der Waals surface area contributed by atoms with Crippen molar-refractivity contribution in [2.45, 2.75) is 25.3 Å². The van der Waals surface area contributed by atoms with Gasteiger partial charge in [-0.3, -0.25) is 9.69 Å². The second-order valence-corrected chi connectivity index (χ2v) is 6.72. The van der Waals surface area contributed by atoms with Gasteiger partial charge in [-0.15, -0.1) is 0 Å². The molecule has 0 spiro atoms. The zero-order valence-corrected chi connectivity index (χ0v) is 13.7. The Labute approximate surface area is 139 Å². The summed E-state index contributed by atoms with van der Waals surface area (Å²) in [5.74, 6) is -0.284. The quantitative estimate of drug-likeness (QED) is 0.860. The predicted octanol–water partition coefficient (Wildman–Crippen LogP) is 2.81. The number of nitrogens with zero attached hydrogens (tertiary/aromatic N) is 2. The van der Waals surface area contributed by atoms with E-state index in [1.807, 2.05) is 0 Å². The van der Waals surface area contributed by atoms with Crippen LogP contribution in [0.4, 0.5) is 4.79 Å². The molecule has 1 N–H and O–H groups in total. The van der Waals surface area contributed by atoms with Crippen LogP contribution in [0.1, 0.15) is 25.3 Å². The first kappa shape index (κ1) is 15.6. The molecule has 2 aliphatic rings. The number of carbonyl (C=O) groups is 2. The van der Waals surface area contributed by atoms with Gasteiger partial charge in [0.1, 0.15) is 5.54 Å². The molecular formula is C15H17Cl2N3O2. The van der Waals surface area contributed by atoms with Crippen LogP contribution in [0.15, 0.2) is 18.2 Å². The highest BCUT2D eigenvalue weighted by molar-refractivity contribution is 6.35. The number of urea groups is 1. The number of hydrogen-bond donors (Lipinski definition) is 1. The second kappa shape index (κ2) is 5.72. The third-order valence-electron chi connectivity index (χ3n) is 4.28. The molecule has 2 fully saturated rings. The number of hydrogen-bond acceptors (Lipinski definition) is 3. The molecule has 3 rings (SSSR count). The fourth-order valence-corrected chi connectivity index (χ4v) is 3.62. The Balaban J connectivity index is 1.88. The molecule has 1 aromatic carbocycles. The normalized spacial score (nSPS) is 25.9. The van der Waals surface area contributed by atoms with Crippen LogP contribution in [-0.2, 0) is 10.3 Å². The maximum Gasteiger partial charge on any atom is 0.326 e. The molecule has 2 aliphatic heterocycles. The highest BCUT2D eigenvalue weighted by atomic mass is 35.5. The summed E-state index contributed by atoms with van der Waals surface area (Å²) in [4.78, 5) is 28.4. The predicted molar refractivity (Wildman–Crippen MR) is 84.9 cm³/mol. The molecule has 7 heteroatoms. The number of imide groups is 1. The van der Waals surface area contributed by atoms with Crippen molar-refractivity contribution >= 4 is 35.1 Å². The first-order chi connectivity index (χ1) is 10.4. The zero-order valence-electron chi connectivity index (χ0n) is 12.2. The molecule has 0 saturated carbocycles. The van der Waals surface area contributed by atoms with E-state index in [4.69, 9.17) is 23.2 Å². The van der Waals surface area contributed by atoms with Crippen LogP contribution in [-0.4, -0.2) is 41.5 Å². The average molecular weight is 342 g/mol. The van der Waals surface area contributed by atoms with Crippen molar-refractivity contribution in [2.75, 3.05) is 19.8 Å². The molecule has 22 heavy (non-hydrogen) atoms. The Hall–Kier alpha value is -1.30. The first-order valence-corrected chi connectivity index (χ1v) is 7.99. The highest BCUT2D eigenvalue weighted by Crippen LogP contribution is 2.35. The van der Waals surface area contributed by atoms with Gasteiger partial charge >= 0.3 is 6.03 Å². The smallest absolute Gasteiger partial charge is 0.319 e. The van der Waals surface area contributed by atoms with Crippen LogP contribution >= 0.6 is 23.2 Å². The molecule has 3 amide bonds. The molecule has 0 unspecified atom stereocenters. The van der Waals surface area contributed by atoms with E-state index in [9.17, 15) is 9.59 Å². The minimum absolute atomic E-state index is 0.284. The molecule has 0 aromatic heterocycles. The summed E-state index contributed by atoms with van der Waals surface area (Å²) in [6, 6.07) is 4.54. The molecule has 2 heterocycles. The van der Waals surface area contributed by atoms with E-state index in [1.54, 1.807) is 25.1 Å². The molecule has 5 nitrogen and oxygen atoms in total. The van der Waals surface area contributed by atoms with E-state index < -0.39 is 5.54 Å². The largest absolute Gasteiger partial charge is 0.326 e. The number of carbonyl (C=O) groups excluding carboxylic acids is 2. The number of benzene rings is 1. The standard InChI is InChI=1S/C15H17Cl2N3O2/c1-15(11-5-4-10(16)8-12(11)17)13(21)20(14(22)18-15)9-19-6-2-3-7-19/h4-5,8H,2-3,6-7,9H2,1H3,(H,18,22)/t15-/m1/s1. The summed E-state index contributed by atoms with van der Waals surface area (Å²) < 4.78 is 0. The van der Waals surface area contributed by atoms with E-state index in [0.29, 0.717) is 22.3 Å². The monoisotopic (exact) mass is 341 g/mol. The number of nitrogens with one attached hydrogen (secondary N) is 1. The van der Waals surface area contributed by atoms with Gasteiger partial charge in [-0.05, 0) is 45.0 Å². The Bertz CT molecular complexity index is 631. The Kier molecular flexibility index (Phi) is 4.05. The van der Waals surface area contributed by atoms with Gasteiger partial charge in [-0.1, -0.05) is 29.3 Å². The molecule has 1 aromatic rings. The molecule has 0 bridgehead atoms. The highest BCUT2D eigenvalue weighted by Gasteiger charge is 2.50. The third-order valence-corrected chi connectivity index (χ3v) is 4.83. The topological polar surface area (TPSA) is 52.7 Å². The lowest BCUT2D eigenvalue weighted by Crippen LogP contribution is -2.43. The molecule has 1 atom stereocenters. The lowest BCUT2D eigenvalue weighted by molar-refractivity contribution is -0.132. The van der Waals surface area contributed by atoms with Crippen LogP contribution in [0.3, 0.4) is 0 Å². The Morgan fingerprint density at radius 1 is 1.23 bits per heavy atom. The summed E-state index contributed by atoms with van der Waals surface area (Å²) >= 11 is 12.1. The lowest BCUT2D eigenvalue weighted by Gasteiger charge is -2.25. The van der Waals surface area contributed by atoms with Crippen LogP contribution in [0, 0.1) is 0 Å². The summed E-state index contributed by atoms with van der Waals surface area (Å²) in [7, 11) is 0. The summed E-state index contributed by atoms with van der Waals surface area (Å²) in [5.41, 5.74) is -0.598. The van der Waals surface area contributed by atoms with Crippen molar-refractivity contribution in [3.63, 3.8) is 0 Å². The first-order valence-electron chi connectivity index (χ1n) is 7.24.